The molecular weight excluding hydrogens is 448 g/mol. The summed E-state index contributed by atoms with van der Waals surface area (Å²) in [5.74, 6) is 0. The Hall–Kier alpha value is -1.12. The lowest BCUT2D eigenvalue weighted by molar-refractivity contribution is 0.595. The number of rotatable bonds is 0. The van der Waals surface area contributed by atoms with Gasteiger partial charge in [0.2, 0.25) is 0 Å². The molecule has 0 saturated carbocycles. The summed E-state index contributed by atoms with van der Waals surface area (Å²) < 4.78 is 2.36. The molecule has 0 amide bonds. The first-order valence-electron chi connectivity index (χ1n) is 9.10. The van der Waals surface area contributed by atoms with E-state index in [9.17, 15) is 0 Å². The first-order valence-corrected chi connectivity index (χ1v) is 10.7. The van der Waals surface area contributed by atoms with Crippen molar-refractivity contribution in [2.45, 2.75) is 52.4 Å². The van der Waals surface area contributed by atoms with E-state index in [1.54, 1.807) is 0 Å². The Labute approximate surface area is 172 Å². The highest BCUT2D eigenvalue weighted by atomic mass is 79.9. The van der Waals surface area contributed by atoms with Crippen molar-refractivity contribution in [1.82, 2.24) is 0 Å². The summed E-state index contributed by atoms with van der Waals surface area (Å²) in [4.78, 5) is 0. The van der Waals surface area contributed by atoms with Crippen LogP contribution < -0.4 is 0 Å². The molecule has 4 rings (SSSR count). The Balaban J connectivity index is 2.34. The van der Waals surface area contributed by atoms with Crippen LogP contribution in [-0.2, 0) is 10.8 Å². The average molecular weight is 472 g/mol. The SMILES string of the molecule is CC(C)(C)c1cc(Br)c2ccc3c(C(C)(C)C)cc(Br)c4ccc1c2c43. The Morgan fingerprint density at radius 3 is 1.15 bits per heavy atom. The van der Waals surface area contributed by atoms with Crippen LogP contribution in [0.3, 0.4) is 0 Å². The molecule has 0 bridgehead atoms. The van der Waals surface area contributed by atoms with Crippen molar-refractivity contribution < 1.29 is 0 Å². The molecule has 0 radical (unpaired) electrons. The molecule has 4 aromatic carbocycles. The van der Waals surface area contributed by atoms with E-state index >= 15 is 0 Å². The third kappa shape index (κ3) is 2.60. The Morgan fingerprint density at radius 2 is 0.846 bits per heavy atom. The van der Waals surface area contributed by atoms with E-state index in [0.29, 0.717) is 0 Å². The van der Waals surface area contributed by atoms with Gasteiger partial charge < -0.3 is 0 Å². The summed E-state index contributed by atoms with van der Waals surface area (Å²) in [5, 5.41) is 8.09. The maximum Gasteiger partial charge on any atom is 0.0257 e. The summed E-state index contributed by atoms with van der Waals surface area (Å²) in [7, 11) is 0. The van der Waals surface area contributed by atoms with Gasteiger partial charge in [-0.25, -0.2) is 0 Å². The lowest BCUT2D eigenvalue weighted by atomic mass is 9.78. The van der Waals surface area contributed by atoms with Crippen molar-refractivity contribution in [2.75, 3.05) is 0 Å². The standard InChI is InChI=1S/C24H24Br2/c1-23(2,3)17-11-19(25)15-10-8-14-18(24(4,5)6)12-20(26)16-9-7-13(17)21(15)22(14)16/h7-12H,1-6H3. The minimum absolute atomic E-state index is 0.0922. The van der Waals surface area contributed by atoms with Gasteiger partial charge >= 0.3 is 0 Å². The van der Waals surface area contributed by atoms with Crippen LogP contribution in [0.2, 0.25) is 0 Å². The number of hydrogen-bond donors (Lipinski definition) is 0. The van der Waals surface area contributed by atoms with Crippen molar-refractivity contribution in [3.05, 3.63) is 56.5 Å². The molecule has 0 N–H and O–H groups in total. The van der Waals surface area contributed by atoms with Gasteiger partial charge in [0.15, 0.2) is 0 Å². The molecule has 0 aromatic heterocycles. The van der Waals surface area contributed by atoms with E-state index in [1.807, 2.05) is 0 Å². The Bertz CT molecular complexity index is 1060. The summed E-state index contributed by atoms with van der Waals surface area (Å²) >= 11 is 7.70. The monoisotopic (exact) mass is 470 g/mol. The van der Waals surface area contributed by atoms with Crippen molar-refractivity contribution in [3.8, 4) is 0 Å². The van der Waals surface area contributed by atoms with E-state index in [4.69, 9.17) is 0 Å². The van der Waals surface area contributed by atoms with Crippen LogP contribution in [0.4, 0.5) is 0 Å². The molecule has 0 fully saturated rings. The second kappa shape index (κ2) is 5.69. The maximum absolute atomic E-state index is 3.85. The second-order valence-corrected chi connectivity index (χ2v) is 11.1. The minimum Gasteiger partial charge on any atom is -0.0561 e. The third-order valence-corrected chi connectivity index (χ3v) is 6.73. The fourth-order valence-corrected chi connectivity index (χ4v) is 5.27. The molecule has 0 aliphatic carbocycles. The highest BCUT2D eigenvalue weighted by molar-refractivity contribution is 9.11. The molecule has 0 aliphatic heterocycles. The maximum atomic E-state index is 3.85. The lowest BCUT2D eigenvalue weighted by Crippen LogP contribution is -2.13. The molecule has 0 aliphatic rings. The van der Waals surface area contributed by atoms with Gasteiger partial charge in [-0.2, -0.15) is 0 Å². The molecule has 4 aromatic rings. The fraction of sp³-hybridized carbons (Fsp3) is 0.333. The van der Waals surface area contributed by atoms with E-state index in [2.05, 4.69) is 110 Å². The van der Waals surface area contributed by atoms with Crippen molar-refractivity contribution >= 4 is 64.2 Å². The minimum atomic E-state index is 0.0922. The topological polar surface area (TPSA) is 0 Å². The Kier molecular flexibility index (Phi) is 3.99. The molecule has 134 valence electrons. The zero-order valence-electron chi connectivity index (χ0n) is 16.2. The van der Waals surface area contributed by atoms with Gasteiger partial charge in [-0.15, -0.1) is 0 Å². The molecule has 0 heterocycles. The smallest absolute Gasteiger partial charge is 0.0257 e. The Morgan fingerprint density at radius 1 is 0.538 bits per heavy atom. The van der Waals surface area contributed by atoms with Gasteiger partial charge in [-0.05, 0) is 66.4 Å². The van der Waals surface area contributed by atoms with E-state index < -0.39 is 0 Å². The first-order chi connectivity index (χ1) is 12.0. The molecular formula is C24H24Br2. The van der Waals surface area contributed by atoms with Gasteiger partial charge in [0, 0.05) is 8.95 Å². The van der Waals surface area contributed by atoms with Crippen molar-refractivity contribution in [1.29, 1.82) is 0 Å². The van der Waals surface area contributed by atoms with Gasteiger partial charge in [0.05, 0.1) is 0 Å². The van der Waals surface area contributed by atoms with Gasteiger partial charge in [-0.3, -0.25) is 0 Å². The largest absolute Gasteiger partial charge is 0.0561 e. The van der Waals surface area contributed by atoms with Crippen LogP contribution in [-0.4, -0.2) is 0 Å². The zero-order valence-corrected chi connectivity index (χ0v) is 19.4. The van der Waals surface area contributed by atoms with Crippen LogP contribution >= 0.6 is 31.9 Å². The van der Waals surface area contributed by atoms with Crippen LogP contribution in [0.5, 0.6) is 0 Å². The second-order valence-electron chi connectivity index (χ2n) is 9.38. The average Bonchev–Trinajstić information content (AvgIpc) is 2.53. The molecule has 0 spiro atoms. The molecule has 0 nitrogen and oxygen atoms in total. The number of hydrogen-bond acceptors (Lipinski definition) is 0. The predicted molar refractivity (Wildman–Crippen MR) is 123 cm³/mol. The molecule has 2 heteroatoms. The van der Waals surface area contributed by atoms with Crippen LogP contribution in [0, 0.1) is 0 Å². The predicted octanol–water partition coefficient (Wildman–Crippen LogP) is 8.70. The summed E-state index contributed by atoms with van der Waals surface area (Å²) in [5.41, 5.74) is 2.97. The summed E-state index contributed by atoms with van der Waals surface area (Å²) in [6.45, 7) is 13.8. The summed E-state index contributed by atoms with van der Waals surface area (Å²) in [6.07, 6.45) is 0. The first kappa shape index (κ1) is 18.3. The quantitative estimate of drug-likeness (QED) is 0.225. The van der Waals surface area contributed by atoms with Crippen LogP contribution in [0.1, 0.15) is 52.7 Å². The molecule has 0 atom stereocenters. The normalized spacial score (nSPS) is 13.4. The fourth-order valence-electron chi connectivity index (χ4n) is 4.15. The van der Waals surface area contributed by atoms with Crippen molar-refractivity contribution in [2.24, 2.45) is 0 Å². The van der Waals surface area contributed by atoms with E-state index in [-0.39, 0.29) is 10.8 Å². The highest BCUT2D eigenvalue weighted by Gasteiger charge is 2.24. The lowest BCUT2D eigenvalue weighted by Gasteiger charge is -2.27. The zero-order chi connectivity index (χ0) is 19.0. The molecule has 26 heavy (non-hydrogen) atoms. The summed E-state index contributed by atoms with van der Waals surface area (Å²) in [6, 6.07) is 13.8. The molecule has 0 saturated heterocycles. The van der Waals surface area contributed by atoms with E-state index in [1.165, 1.54) is 52.4 Å². The van der Waals surface area contributed by atoms with Crippen LogP contribution in [0.25, 0.3) is 32.3 Å². The number of benzene rings is 4. The van der Waals surface area contributed by atoms with Crippen molar-refractivity contribution in [3.63, 3.8) is 0 Å². The van der Waals surface area contributed by atoms with Gasteiger partial charge in [-0.1, -0.05) is 97.7 Å². The van der Waals surface area contributed by atoms with E-state index in [0.717, 1.165) is 0 Å². The van der Waals surface area contributed by atoms with Gasteiger partial charge in [0.1, 0.15) is 0 Å². The third-order valence-electron chi connectivity index (χ3n) is 5.41. The highest BCUT2D eigenvalue weighted by Crippen LogP contribution is 2.46. The molecule has 0 unspecified atom stereocenters. The van der Waals surface area contributed by atoms with Gasteiger partial charge in [0.25, 0.3) is 0 Å². The van der Waals surface area contributed by atoms with Crippen LogP contribution in [0.15, 0.2) is 45.3 Å². The number of halogens is 2.